The summed E-state index contributed by atoms with van der Waals surface area (Å²) >= 11 is 0. The molecule has 1 rings (SSSR count). The van der Waals surface area contributed by atoms with Crippen molar-refractivity contribution in [1.29, 1.82) is 0 Å². The topological polar surface area (TPSA) is 64.4 Å². The van der Waals surface area contributed by atoms with Crippen LogP contribution in [0.5, 0.6) is 0 Å². The first-order valence-electron chi connectivity index (χ1n) is 3.05. The summed E-state index contributed by atoms with van der Waals surface area (Å²) in [7, 11) is 0. The van der Waals surface area contributed by atoms with Crippen LogP contribution in [0.2, 0.25) is 0 Å². The predicted octanol–water partition coefficient (Wildman–Crippen LogP) is -0.335. The molecule has 0 aromatic heterocycles. The van der Waals surface area contributed by atoms with Crippen LogP contribution in [0.1, 0.15) is 0 Å². The van der Waals surface area contributed by atoms with Crippen LogP contribution in [-0.2, 0) is 0 Å². The molecule has 1 aliphatic carbocycles. The van der Waals surface area contributed by atoms with E-state index in [4.69, 9.17) is 11.5 Å². The van der Waals surface area contributed by atoms with Crippen LogP contribution < -0.4 is 11.5 Å². The summed E-state index contributed by atoms with van der Waals surface area (Å²) < 4.78 is 0. The first-order chi connectivity index (χ1) is 4.79. The highest BCUT2D eigenvalue weighted by atomic mass is 15.0. The summed E-state index contributed by atoms with van der Waals surface area (Å²) in [5.74, 6) is 1.27. The highest BCUT2D eigenvalue weighted by molar-refractivity contribution is 5.75. The lowest BCUT2D eigenvalue weighted by Crippen LogP contribution is -2.23. The summed E-state index contributed by atoms with van der Waals surface area (Å²) in [5, 5.41) is 0. The van der Waals surface area contributed by atoms with Crippen LogP contribution in [0.15, 0.2) is 4.99 Å². The minimum Gasteiger partial charge on any atom is -0.370 e. The maximum Gasteiger partial charge on any atom is 0.185 e. The first-order valence-corrected chi connectivity index (χ1v) is 3.05. The molecule has 1 fully saturated rings. The van der Waals surface area contributed by atoms with E-state index >= 15 is 0 Å². The molecule has 0 saturated heterocycles. The van der Waals surface area contributed by atoms with Crippen LogP contribution in [0, 0.1) is 31.6 Å². The molecular formula is C7H10N3. The maximum absolute atomic E-state index is 5.14. The van der Waals surface area contributed by atoms with E-state index in [0.29, 0.717) is 6.54 Å². The Morgan fingerprint density at radius 1 is 1.30 bits per heavy atom. The van der Waals surface area contributed by atoms with Crippen molar-refractivity contribution in [3.8, 4) is 0 Å². The summed E-state index contributed by atoms with van der Waals surface area (Å²) in [6.07, 6.45) is 7.87. The Balaban J connectivity index is 2.18. The van der Waals surface area contributed by atoms with Crippen molar-refractivity contribution in [2.45, 2.75) is 0 Å². The maximum atomic E-state index is 5.14. The zero-order valence-electron chi connectivity index (χ0n) is 5.62. The smallest absolute Gasteiger partial charge is 0.185 e. The van der Waals surface area contributed by atoms with E-state index in [1.807, 2.05) is 25.7 Å². The largest absolute Gasteiger partial charge is 0.370 e. The van der Waals surface area contributed by atoms with E-state index in [2.05, 4.69) is 4.99 Å². The minimum atomic E-state index is 0.140. The number of nitrogens with zero attached hydrogens (tertiary/aromatic N) is 1. The van der Waals surface area contributed by atoms with E-state index in [-0.39, 0.29) is 5.96 Å². The summed E-state index contributed by atoms with van der Waals surface area (Å²) in [6, 6.07) is 0. The monoisotopic (exact) mass is 136 g/mol. The third-order valence-corrected chi connectivity index (χ3v) is 1.18. The van der Waals surface area contributed by atoms with Crippen molar-refractivity contribution < 1.29 is 0 Å². The molecule has 0 aromatic carbocycles. The molecule has 3 heteroatoms. The van der Waals surface area contributed by atoms with Gasteiger partial charge in [0.2, 0.25) is 0 Å². The van der Waals surface area contributed by atoms with Crippen molar-refractivity contribution in [3.63, 3.8) is 0 Å². The number of hydrogen-bond donors (Lipinski definition) is 2. The molecule has 0 spiro atoms. The SMILES string of the molecule is NC(N)=NC[C]1[CH][CH][CH][CH]1. The Hall–Kier alpha value is -0.730. The molecule has 0 aliphatic heterocycles. The Morgan fingerprint density at radius 3 is 2.40 bits per heavy atom. The van der Waals surface area contributed by atoms with E-state index in [0.717, 1.165) is 5.92 Å². The van der Waals surface area contributed by atoms with Gasteiger partial charge in [-0.1, -0.05) is 0 Å². The van der Waals surface area contributed by atoms with Crippen LogP contribution >= 0.6 is 0 Å². The minimum absolute atomic E-state index is 0.140. The zero-order valence-corrected chi connectivity index (χ0v) is 5.62. The standard InChI is InChI=1S/C7H10N3/c8-7(9)10-5-6-3-1-2-4-6/h1-4H,5H2,(H4,8,9,10). The second kappa shape index (κ2) is 3.44. The average molecular weight is 136 g/mol. The number of guanidine groups is 1. The number of hydrogen-bond acceptors (Lipinski definition) is 1. The van der Waals surface area contributed by atoms with Gasteiger partial charge in [-0.15, -0.1) is 0 Å². The predicted molar refractivity (Wildman–Crippen MR) is 41.1 cm³/mol. The molecule has 1 saturated carbocycles. The van der Waals surface area contributed by atoms with Gasteiger partial charge in [0.15, 0.2) is 5.96 Å². The van der Waals surface area contributed by atoms with Gasteiger partial charge in [-0.25, -0.2) is 0 Å². The number of aliphatic imine (C=N–C) groups is 1. The van der Waals surface area contributed by atoms with Gasteiger partial charge in [-0.05, 0) is 25.7 Å². The molecule has 0 amide bonds. The van der Waals surface area contributed by atoms with Gasteiger partial charge in [0.05, 0.1) is 0 Å². The molecule has 0 unspecified atom stereocenters. The van der Waals surface area contributed by atoms with Crippen LogP contribution in [0.3, 0.4) is 0 Å². The van der Waals surface area contributed by atoms with Gasteiger partial charge >= 0.3 is 0 Å². The molecule has 3 nitrogen and oxygen atoms in total. The quantitative estimate of drug-likeness (QED) is 0.403. The van der Waals surface area contributed by atoms with Crippen LogP contribution in [0.25, 0.3) is 0 Å². The van der Waals surface area contributed by atoms with Crippen molar-refractivity contribution in [2.24, 2.45) is 16.5 Å². The Bertz CT molecular complexity index is 121. The van der Waals surface area contributed by atoms with Crippen molar-refractivity contribution >= 4 is 5.96 Å². The zero-order chi connectivity index (χ0) is 7.40. The Kier molecular flexibility index (Phi) is 2.54. The highest BCUT2D eigenvalue weighted by Gasteiger charge is 2.15. The molecule has 10 heavy (non-hydrogen) atoms. The molecule has 5 radical (unpaired) electrons. The molecule has 0 bridgehead atoms. The molecule has 0 atom stereocenters. The lowest BCUT2D eigenvalue weighted by molar-refractivity contribution is 1.04. The van der Waals surface area contributed by atoms with Gasteiger partial charge in [0.1, 0.15) is 0 Å². The summed E-state index contributed by atoms with van der Waals surface area (Å²) in [5.41, 5.74) is 10.3. The molecule has 0 heterocycles. The van der Waals surface area contributed by atoms with Crippen LogP contribution in [0.4, 0.5) is 0 Å². The fraction of sp³-hybridized carbons (Fsp3) is 0.143. The van der Waals surface area contributed by atoms with Crippen molar-refractivity contribution in [1.82, 2.24) is 0 Å². The van der Waals surface area contributed by atoms with Gasteiger partial charge in [-0.3, -0.25) is 4.99 Å². The molecule has 0 aromatic rings. The van der Waals surface area contributed by atoms with Crippen molar-refractivity contribution in [3.05, 3.63) is 31.6 Å². The third kappa shape index (κ3) is 2.25. The van der Waals surface area contributed by atoms with Crippen LogP contribution in [-0.4, -0.2) is 12.5 Å². The number of nitrogens with two attached hydrogens (primary N) is 2. The lowest BCUT2D eigenvalue weighted by Gasteiger charge is -2.01. The average Bonchev–Trinajstić information content (AvgIpc) is 2.34. The lowest BCUT2D eigenvalue weighted by atomic mass is 10.1. The fourth-order valence-corrected chi connectivity index (χ4v) is 0.702. The number of rotatable bonds is 2. The molecule has 4 N–H and O–H groups in total. The van der Waals surface area contributed by atoms with E-state index in [1.165, 1.54) is 0 Å². The Morgan fingerprint density at radius 2 is 1.90 bits per heavy atom. The van der Waals surface area contributed by atoms with Gasteiger partial charge in [0, 0.05) is 12.5 Å². The van der Waals surface area contributed by atoms with Gasteiger partial charge < -0.3 is 11.5 Å². The molecule has 1 aliphatic rings. The third-order valence-electron chi connectivity index (χ3n) is 1.18. The van der Waals surface area contributed by atoms with Gasteiger partial charge in [-0.2, -0.15) is 0 Å². The molecular weight excluding hydrogens is 126 g/mol. The van der Waals surface area contributed by atoms with Gasteiger partial charge in [0.25, 0.3) is 0 Å². The second-order valence-electron chi connectivity index (χ2n) is 2.03. The molecule has 53 valence electrons. The van der Waals surface area contributed by atoms with E-state index in [9.17, 15) is 0 Å². The normalized spacial score (nSPS) is 19.2. The highest BCUT2D eigenvalue weighted by Crippen LogP contribution is 2.22. The first kappa shape index (κ1) is 7.38. The Labute approximate surface area is 61.5 Å². The van der Waals surface area contributed by atoms with E-state index in [1.54, 1.807) is 0 Å². The van der Waals surface area contributed by atoms with E-state index < -0.39 is 0 Å². The summed E-state index contributed by atoms with van der Waals surface area (Å²) in [6.45, 7) is 0.579. The second-order valence-corrected chi connectivity index (χ2v) is 2.03. The summed E-state index contributed by atoms with van der Waals surface area (Å²) in [4.78, 5) is 3.84. The fourth-order valence-electron chi connectivity index (χ4n) is 0.702. The van der Waals surface area contributed by atoms with Crippen molar-refractivity contribution in [2.75, 3.05) is 6.54 Å².